The Morgan fingerprint density at radius 3 is 2.19 bits per heavy atom. The van der Waals surface area contributed by atoms with Gasteiger partial charge in [0, 0.05) is 0 Å². The van der Waals surface area contributed by atoms with Crippen LogP contribution in [0.5, 0.6) is 0 Å². The number of hydrogen-bond acceptors (Lipinski definition) is 5. The maximum Gasteiger partial charge on any atom is 0.327 e. The molecule has 0 heterocycles. The van der Waals surface area contributed by atoms with Gasteiger partial charge in [-0.2, -0.15) is 0 Å². The summed E-state index contributed by atoms with van der Waals surface area (Å²) in [7, 11) is 0. The van der Waals surface area contributed by atoms with E-state index in [1.807, 2.05) is 0 Å². The van der Waals surface area contributed by atoms with E-state index in [0.29, 0.717) is 10.7 Å². The Bertz CT molecular complexity index is 517. The summed E-state index contributed by atoms with van der Waals surface area (Å²) in [4.78, 5) is 23.8. The van der Waals surface area contributed by atoms with Crippen LogP contribution in [0.4, 0.5) is 5.69 Å². The minimum absolute atomic E-state index is 0.0139. The van der Waals surface area contributed by atoms with Gasteiger partial charge in [0.25, 0.3) is 0 Å². The second-order valence-electron chi connectivity index (χ2n) is 3.91. The zero-order valence-electron chi connectivity index (χ0n) is 11.7. The smallest absolute Gasteiger partial charge is 0.327 e. The van der Waals surface area contributed by atoms with Crippen molar-refractivity contribution in [1.29, 1.82) is 0 Å². The summed E-state index contributed by atoms with van der Waals surface area (Å²) in [5.41, 5.74) is 0.503. The minimum Gasteiger partial charge on any atom is -0.465 e. The highest BCUT2D eigenvalue weighted by Gasteiger charge is 2.34. The Morgan fingerprint density at radius 1 is 1.19 bits per heavy atom. The van der Waals surface area contributed by atoms with Crippen molar-refractivity contribution in [2.45, 2.75) is 13.8 Å². The molecule has 7 heteroatoms. The molecule has 1 N–H and O–H groups in total. The van der Waals surface area contributed by atoms with E-state index in [2.05, 4.69) is 5.32 Å². The Morgan fingerprint density at radius 2 is 1.71 bits per heavy atom. The van der Waals surface area contributed by atoms with Crippen LogP contribution < -0.4 is 5.32 Å². The monoisotopic (exact) mass is 329 g/mol. The second-order valence-corrected chi connectivity index (χ2v) is 4.75. The molecule has 1 aromatic rings. The first kappa shape index (κ1) is 17.4. The molecule has 0 atom stereocenters. The Hall–Kier alpha value is -1.66. The second kappa shape index (κ2) is 8.59. The number of thiocarbonyl (C=S) groups is 1. The van der Waals surface area contributed by atoms with E-state index < -0.39 is 17.9 Å². The molecule has 5 nitrogen and oxygen atoms in total. The van der Waals surface area contributed by atoms with Gasteiger partial charge in [0.15, 0.2) is 0 Å². The molecule has 0 saturated carbocycles. The van der Waals surface area contributed by atoms with E-state index in [9.17, 15) is 9.59 Å². The number of halogens is 1. The highest BCUT2D eigenvalue weighted by molar-refractivity contribution is 7.80. The topological polar surface area (TPSA) is 64.6 Å². The third-order valence-electron chi connectivity index (χ3n) is 2.44. The first-order valence-corrected chi connectivity index (χ1v) is 7.18. The number of nitrogens with one attached hydrogen (secondary N) is 1. The molecular weight excluding hydrogens is 314 g/mol. The summed E-state index contributed by atoms with van der Waals surface area (Å²) in [6.07, 6.45) is 0. The number of carbonyl (C=O) groups excluding carboxylic acids is 2. The van der Waals surface area contributed by atoms with Crippen molar-refractivity contribution in [3.63, 3.8) is 0 Å². The molecule has 0 aliphatic carbocycles. The third-order valence-corrected chi connectivity index (χ3v) is 3.11. The predicted octanol–water partition coefficient (Wildman–Crippen LogP) is 2.82. The maximum atomic E-state index is 11.9. The van der Waals surface area contributed by atoms with Crippen molar-refractivity contribution < 1.29 is 19.1 Å². The van der Waals surface area contributed by atoms with Crippen LogP contribution in [0.1, 0.15) is 13.8 Å². The summed E-state index contributed by atoms with van der Waals surface area (Å²) < 4.78 is 9.72. The summed E-state index contributed by atoms with van der Waals surface area (Å²) in [5, 5.41) is 3.21. The van der Waals surface area contributed by atoms with Crippen LogP contribution in [0.3, 0.4) is 0 Å². The number of para-hydroxylation sites is 1. The average Bonchev–Trinajstić information content (AvgIpc) is 2.42. The lowest BCUT2D eigenvalue weighted by atomic mass is 10.1. The molecule has 0 saturated heterocycles. The number of benzene rings is 1. The normalized spacial score (nSPS) is 10.1. The highest BCUT2D eigenvalue weighted by atomic mass is 35.5. The number of hydrogen-bond donors (Lipinski definition) is 1. The van der Waals surface area contributed by atoms with Crippen LogP contribution in [-0.4, -0.2) is 30.1 Å². The van der Waals surface area contributed by atoms with E-state index in [4.69, 9.17) is 33.3 Å². The fourth-order valence-electron chi connectivity index (χ4n) is 1.53. The molecule has 0 spiro atoms. The van der Waals surface area contributed by atoms with Crippen LogP contribution in [-0.2, 0) is 19.1 Å². The summed E-state index contributed by atoms with van der Waals surface area (Å²) in [6, 6.07) is 6.85. The lowest BCUT2D eigenvalue weighted by molar-refractivity contribution is -0.157. The Kier molecular flexibility index (Phi) is 7.11. The van der Waals surface area contributed by atoms with Gasteiger partial charge in [0.05, 0.1) is 23.9 Å². The van der Waals surface area contributed by atoms with Gasteiger partial charge < -0.3 is 14.8 Å². The van der Waals surface area contributed by atoms with E-state index in [1.54, 1.807) is 38.1 Å². The number of esters is 2. The summed E-state index contributed by atoms with van der Waals surface area (Å²) in [6.45, 7) is 3.57. The molecule has 0 aliphatic rings. The molecule has 0 fully saturated rings. The van der Waals surface area contributed by atoms with Gasteiger partial charge in [-0.1, -0.05) is 36.0 Å². The maximum absolute atomic E-state index is 11.9. The first-order chi connectivity index (χ1) is 10.0. The fraction of sp³-hybridized carbons (Fsp3) is 0.357. The Balaban J connectivity index is 2.92. The molecule has 0 aromatic heterocycles. The van der Waals surface area contributed by atoms with Crippen LogP contribution in [0.15, 0.2) is 24.3 Å². The number of ether oxygens (including phenoxy) is 2. The van der Waals surface area contributed by atoms with Crippen LogP contribution >= 0.6 is 23.8 Å². The van der Waals surface area contributed by atoms with Gasteiger partial charge >= 0.3 is 11.9 Å². The van der Waals surface area contributed by atoms with Crippen molar-refractivity contribution in [2.24, 2.45) is 5.92 Å². The zero-order chi connectivity index (χ0) is 15.8. The molecule has 0 unspecified atom stereocenters. The van der Waals surface area contributed by atoms with E-state index in [1.165, 1.54) is 0 Å². The van der Waals surface area contributed by atoms with Crippen molar-refractivity contribution in [3.05, 3.63) is 29.3 Å². The van der Waals surface area contributed by atoms with Gasteiger partial charge in [0.2, 0.25) is 5.92 Å². The average molecular weight is 330 g/mol. The molecule has 1 aromatic carbocycles. The van der Waals surface area contributed by atoms with Crippen molar-refractivity contribution >= 4 is 46.4 Å². The molecule has 0 radical (unpaired) electrons. The largest absolute Gasteiger partial charge is 0.465 e. The van der Waals surface area contributed by atoms with Gasteiger partial charge in [-0.3, -0.25) is 9.59 Å². The zero-order valence-corrected chi connectivity index (χ0v) is 13.3. The molecule has 0 amide bonds. The quantitative estimate of drug-likeness (QED) is 0.492. The van der Waals surface area contributed by atoms with E-state index >= 15 is 0 Å². The number of anilines is 1. The first-order valence-electron chi connectivity index (χ1n) is 6.39. The fourth-order valence-corrected chi connectivity index (χ4v) is 2.01. The van der Waals surface area contributed by atoms with Crippen LogP contribution in [0, 0.1) is 5.92 Å². The van der Waals surface area contributed by atoms with Crippen molar-refractivity contribution in [2.75, 3.05) is 18.5 Å². The van der Waals surface area contributed by atoms with Gasteiger partial charge in [-0.05, 0) is 26.0 Å². The molecule has 0 bridgehead atoms. The molecule has 21 heavy (non-hydrogen) atoms. The lowest BCUT2D eigenvalue weighted by Crippen LogP contribution is -2.37. The SMILES string of the molecule is CCOC(=O)C(C(=O)OCC)C(=S)Nc1ccccc1Cl. The molecule has 114 valence electrons. The summed E-state index contributed by atoms with van der Waals surface area (Å²) in [5.74, 6) is -2.81. The van der Waals surface area contributed by atoms with Crippen molar-refractivity contribution in [1.82, 2.24) is 0 Å². The standard InChI is InChI=1S/C14H16ClNO4S/c1-3-19-13(17)11(14(18)20-4-2)12(21)16-10-8-6-5-7-9(10)15/h5-8,11H,3-4H2,1-2H3,(H,16,21). The summed E-state index contributed by atoms with van der Waals surface area (Å²) >= 11 is 11.1. The van der Waals surface area contributed by atoms with Gasteiger partial charge in [0.1, 0.15) is 4.99 Å². The molecular formula is C14H16ClNO4S. The van der Waals surface area contributed by atoms with Crippen molar-refractivity contribution in [3.8, 4) is 0 Å². The van der Waals surface area contributed by atoms with Crippen LogP contribution in [0.25, 0.3) is 0 Å². The molecule has 0 aliphatic heterocycles. The van der Waals surface area contributed by atoms with Crippen LogP contribution in [0.2, 0.25) is 5.02 Å². The minimum atomic E-state index is -1.31. The Labute approximate surface area is 133 Å². The number of carbonyl (C=O) groups is 2. The van der Waals surface area contributed by atoms with Gasteiger partial charge in [-0.15, -0.1) is 0 Å². The third kappa shape index (κ3) is 4.99. The lowest BCUT2D eigenvalue weighted by Gasteiger charge is -2.17. The molecule has 1 rings (SSSR count). The predicted molar refractivity (Wildman–Crippen MR) is 84.4 cm³/mol. The van der Waals surface area contributed by atoms with E-state index in [-0.39, 0.29) is 18.2 Å². The van der Waals surface area contributed by atoms with E-state index in [0.717, 1.165) is 0 Å². The van der Waals surface area contributed by atoms with Gasteiger partial charge in [-0.25, -0.2) is 0 Å². The highest BCUT2D eigenvalue weighted by Crippen LogP contribution is 2.22. The number of rotatable bonds is 6.